The number of hydrogen-bond acceptors (Lipinski definition) is 5. The van der Waals surface area contributed by atoms with E-state index in [1.54, 1.807) is 14.0 Å². The van der Waals surface area contributed by atoms with E-state index in [4.69, 9.17) is 9.84 Å². The third-order valence-electron chi connectivity index (χ3n) is 5.54. The van der Waals surface area contributed by atoms with Gasteiger partial charge in [0.15, 0.2) is 5.65 Å². The molecule has 0 bridgehead atoms. The average Bonchev–Trinajstić information content (AvgIpc) is 3.37. The molecule has 1 unspecified atom stereocenters. The summed E-state index contributed by atoms with van der Waals surface area (Å²) in [6, 6.07) is 12.1. The van der Waals surface area contributed by atoms with Crippen LogP contribution in [-0.2, 0) is 17.9 Å². The molecule has 0 spiro atoms. The van der Waals surface area contributed by atoms with Gasteiger partial charge in [0.25, 0.3) is 0 Å². The second-order valence-electron chi connectivity index (χ2n) is 7.46. The topological polar surface area (TPSA) is 72.3 Å². The van der Waals surface area contributed by atoms with Gasteiger partial charge in [-0.2, -0.15) is 5.10 Å². The smallest absolute Gasteiger partial charge is 0.219 e. The molecule has 1 fully saturated rings. The van der Waals surface area contributed by atoms with E-state index in [-0.39, 0.29) is 11.8 Å². The minimum absolute atomic E-state index is 0.136. The predicted molar refractivity (Wildman–Crippen MR) is 112 cm³/mol. The number of nitrogens with one attached hydrogen (secondary N) is 1. The maximum absolute atomic E-state index is 11.7. The van der Waals surface area contributed by atoms with Gasteiger partial charge in [0.1, 0.15) is 5.75 Å². The summed E-state index contributed by atoms with van der Waals surface area (Å²) in [5, 5.41) is 9.46. The third kappa shape index (κ3) is 4.24. The molecule has 0 radical (unpaired) electrons. The zero-order valence-corrected chi connectivity index (χ0v) is 17.0. The Kier molecular flexibility index (Phi) is 5.76. The highest BCUT2D eigenvalue weighted by atomic mass is 16.5. The first-order chi connectivity index (χ1) is 14.2. The molecule has 3 aromatic rings. The van der Waals surface area contributed by atoms with Crippen molar-refractivity contribution >= 4 is 16.9 Å². The molecule has 1 saturated heterocycles. The van der Waals surface area contributed by atoms with Crippen LogP contribution in [0.3, 0.4) is 0 Å². The van der Waals surface area contributed by atoms with Crippen molar-refractivity contribution in [2.24, 2.45) is 0 Å². The molecular formula is C22H27N5O2. The zero-order chi connectivity index (χ0) is 20.2. The summed E-state index contributed by atoms with van der Waals surface area (Å²) in [6.07, 6.45) is 2.77. The number of pyridine rings is 1. The highest BCUT2D eigenvalue weighted by Gasteiger charge is 2.29. The molecule has 2 aromatic heterocycles. The monoisotopic (exact) mass is 393 g/mol. The van der Waals surface area contributed by atoms with Crippen molar-refractivity contribution < 1.29 is 9.53 Å². The lowest BCUT2D eigenvalue weighted by Gasteiger charge is -2.12. The summed E-state index contributed by atoms with van der Waals surface area (Å²) in [5.74, 6) is 1.28. The minimum Gasteiger partial charge on any atom is -0.497 e. The van der Waals surface area contributed by atoms with Gasteiger partial charge in [-0.25, -0.2) is 9.67 Å². The Bertz CT molecular complexity index is 983. The molecule has 1 N–H and O–H groups in total. The zero-order valence-electron chi connectivity index (χ0n) is 17.0. The molecule has 1 aliphatic heterocycles. The first kappa shape index (κ1) is 19.4. The number of carbonyl (C=O) groups excluding carboxylic acids is 1. The van der Waals surface area contributed by atoms with E-state index in [2.05, 4.69) is 28.5 Å². The first-order valence-electron chi connectivity index (χ1n) is 10.1. The van der Waals surface area contributed by atoms with Crippen LogP contribution in [0.1, 0.15) is 30.5 Å². The fourth-order valence-electron chi connectivity index (χ4n) is 3.92. The number of aromatic nitrogens is 3. The van der Waals surface area contributed by atoms with Gasteiger partial charge in [-0.3, -0.25) is 4.79 Å². The van der Waals surface area contributed by atoms with Crippen LogP contribution >= 0.6 is 0 Å². The van der Waals surface area contributed by atoms with Crippen molar-refractivity contribution in [1.29, 1.82) is 0 Å². The van der Waals surface area contributed by atoms with E-state index in [9.17, 15) is 4.79 Å². The Balaban J connectivity index is 1.42. The first-order valence-corrected chi connectivity index (χ1v) is 10.1. The van der Waals surface area contributed by atoms with Crippen LogP contribution in [-0.4, -0.2) is 52.3 Å². The number of fused-ring (bicyclic) bond motifs is 1. The van der Waals surface area contributed by atoms with Gasteiger partial charge in [0.2, 0.25) is 5.91 Å². The van der Waals surface area contributed by atoms with E-state index < -0.39 is 0 Å². The highest BCUT2D eigenvalue weighted by molar-refractivity contribution is 5.79. The van der Waals surface area contributed by atoms with Gasteiger partial charge in [-0.1, -0.05) is 12.1 Å². The molecule has 4 rings (SSSR count). The Labute approximate surface area is 170 Å². The summed E-state index contributed by atoms with van der Waals surface area (Å²) >= 11 is 0. The minimum atomic E-state index is 0.136. The molecule has 1 amide bonds. The van der Waals surface area contributed by atoms with Gasteiger partial charge in [-0.05, 0) is 36.2 Å². The van der Waals surface area contributed by atoms with Crippen LogP contribution in [0, 0.1) is 0 Å². The normalized spacial score (nSPS) is 16.5. The fraction of sp³-hybridized carbons (Fsp3) is 0.409. The summed E-state index contributed by atoms with van der Waals surface area (Å²) in [5.41, 5.74) is 3.19. The van der Waals surface area contributed by atoms with Gasteiger partial charge in [0, 0.05) is 50.6 Å². The second kappa shape index (κ2) is 8.61. The fourth-order valence-corrected chi connectivity index (χ4v) is 3.92. The van der Waals surface area contributed by atoms with E-state index in [1.807, 2.05) is 34.0 Å². The molecule has 0 aliphatic carbocycles. The molecule has 7 nitrogen and oxygen atoms in total. The molecule has 3 heterocycles. The Hall–Kier alpha value is -2.93. The molecule has 1 aliphatic rings. The van der Waals surface area contributed by atoms with Crippen molar-refractivity contribution in [3.63, 3.8) is 0 Å². The van der Waals surface area contributed by atoms with E-state index in [1.165, 1.54) is 5.56 Å². The van der Waals surface area contributed by atoms with Crippen molar-refractivity contribution in [2.75, 3.05) is 26.7 Å². The Morgan fingerprint density at radius 1 is 1.28 bits per heavy atom. The number of benzene rings is 1. The van der Waals surface area contributed by atoms with E-state index in [0.29, 0.717) is 0 Å². The number of hydrogen-bond donors (Lipinski definition) is 1. The summed E-state index contributed by atoms with van der Waals surface area (Å²) in [7, 11) is 1.67. The summed E-state index contributed by atoms with van der Waals surface area (Å²) in [4.78, 5) is 18.2. The maximum Gasteiger partial charge on any atom is 0.219 e. The van der Waals surface area contributed by atoms with E-state index in [0.717, 1.165) is 61.6 Å². The van der Waals surface area contributed by atoms with Gasteiger partial charge in [0.05, 0.1) is 19.3 Å². The van der Waals surface area contributed by atoms with Gasteiger partial charge >= 0.3 is 0 Å². The van der Waals surface area contributed by atoms with Crippen LogP contribution in [0.4, 0.5) is 0 Å². The standard InChI is InChI=1S/C22H27N5O2/c1-16(28)26-12-9-18(15-26)21-20-4-3-10-24-22(20)27(25-21)13-11-23-14-17-5-7-19(29-2)8-6-17/h3-8,10,18,23H,9,11-15H2,1-2H3. The van der Waals surface area contributed by atoms with Crippen molar-refractivity contribution in [3.05, 3.63) is 53.9 Å². The average molecular weight is 393 g/mol. The largest absolute Gasteiger partial charge is 0.497 e. The Morgan fingerprint density at radius 3 is 2.83 bits per heavy atom. The molecule has 1 aromatic carbocycles. The number of likely N-dealkylation sites (tertiary alicyclic amines) is 1. The third-order valence-corrected chi connectivity index (χ3v) is 5.54. The molecule has 152 valence electrons. The molecule has 29 heavy (non-hydrogen) atoms. The summed E-state index contributed by atoms with van der Waals surface area (Å²) < 4.78 is 7.19. The van der Waals surface area contributed by atoms with Gasteiger partial charge in [-0.15, -0.1) is 0 Å². The lowest BCUT2D eigenvalue weighted by atomic mass is 10.0. The quantitative estimate of drug-likeness (QED) is 0.625. The van der Waals surface area contributed by atoms with Crippen LogP contribution in [0.25, 0.3) is 11.0 Å². The summed E-state index contributed by atoms with van der Waals surface area (Å²) in [6.45, 7) is 5.51. The lowest BCUT2D eigenvalue weighted by molar-refractivity contribution is -0.127. The SMILES string of the molecule is COc1ccc(CNCCn2nc(C3CCN(C(C)=O)C3)c3cccnc32)cc1. The number of ether oxygens (including phenoxy) is 1. The maximum atomic E-state index is 11.7. The number of nitrogens with zero attached hydrogens (tertiary/aromatic N) is 4. The molecule has 0 saturated carbocycles. The number of carbonyl (C=O) groups is 1. The highest BCUT2D eigenvalue weighted by Crippen LogP contribution is 2.31. The predicted octanol–water partition coefficient (Wildman–Crippen LogP) is 2.57. The Morgan fingerprint density at radius 2 is 2.10 bits per heavy atom. The number of amides is 1. The number of rotatable bonds is 7. The van der Waals surface area contributed by atoms with Gasteiger partial charge < -0.3 is 15.0 Å². The van der Waals surface area contributed by atoms with Crippen LogP contribution in [0.2, 0.25) is 0 Å². The number of methoxy groups -OCH3 is 1. The lowest BCUT2D eigenvalue weighted by Crippen LogP contribution is -2.25. The molecule has 7 heteroatoms. The second-order valence-corrected chi connectivity index (χ2v) is 7.46. The van der Waals surface area contributed by atoms with Crippen molar-refractivity contribution in [2.45, 2.75) is 32.4 Å². The van der Waals surface area contributed by atoms with Crippen LogP contribution in [0.15, 0.2) is 42.6 Å². The van der Waals surface area contributed by atoms with Crippen molar-refractivity contribution in [1.82, 2.24) is 25.0 Å². The van der Waals surface area contributed by atoms with Crippen LogP contribution in [0.5, 0.6) is 5.75 Å². The van der Waals surface area contributed by atoms with Crippen molar-refractivity contribution in [3.8, 4) is 5.75 Å². The molecular weight excluding hydrogens is 366 g/mol. The molecule has 1 atom stereocenters. The van der Waals surface area contributed by atoms with Crippen LogP contribution < -0.4 is 10.1 Å². The van der Waals surface area contributed by atoms with E-state index >= 15 is 0 Å².